The van der Waals surface area contributed by atoms with Crippen molar-refractivity contribution in [2.24, 2.45) is 0 Å². The van der Waals surface area contributed by atoms with Crippen molar-refractivity contribution in [3.63, 3.8) is 0 Å². The molecule has 0 bridgehead atoms. The molecule has 0 fully saturated rings. The molecule has 100 valence electrons. The third-order valence-corrected chi connectivity index (χ3v) is 3.68. The fraction of sp³-hybridized carbons (Fsp3) is 0.357. The van der Waals surface area contributed by atoms with Crippen molar-refractivity contribution in [1.82, 2.24) is 15.0 Å². The minimum absolute atomic E-state index is 0.573. The second-order valence-electron chi connectivity index (χ2n) is 4.52. The van der Waals surface area contributed by atoms with Crippen molar-refractivity contribution < 1.29 is 0 Å². The largest absolute Gasteiger partial charge is 0.383 e. The summed E-state index contributed by atoms with van der Waals surface area (Å²) in [6, 6.07) is 4.12. The van der Waals surface area contributed by atoms with E-state index in [2.05, 4.69) is 40.9 Å². The molecule has 4 nitrogen and oxygen atoms in total. The first-order valence-corrected chi connectivity index (χ1v) is 7.14. The number of nitrogens with zero attached hydrogens (tertiary/aromatic N) is 3. The van der Waals surface area contributed by atoms with E-state index >= 15 is 0 Å². The number of rotatable bonds is 4. The number of anilines is 1. The van der Waals surface area contributed by atoms with Crippen LogP contribution in [0.25, 0.3) is 0 Å². The number of nitrogen functional groups attached to an aromatic ring is 1. The summed E-state index contributed by atoms with van der Waals surface area (Å²) in [5.41, 5.74) is 9.18. The quantitative estimate of drug-likeness (QED) is 0.867. The second-order valence-corrected chi connectivity index (χ2v) is 5.53. The first kappa shape index (κ1) is 13.8. The molecule has 19 heavy (non-hydrogen) atoms. The topological polar surface area (TPSA) is 64.7 Å². The Morgan fingerprint density at radius 1 is 1.21 bits per heavy atom. The minimum atomic E-state index is 0.573. The summed E-state index contributed by atoms with van der Waals surface area (Å²) >= 11 is 1.55. The van der Waals surface area contributed by atoms with Gasteiger partial charge in [0.25, 0.3) is 0 Å². The molecule has 0 amide bonds. The molecule has 0 aliphatic heterocycles. The van der Waals surface area contributed by atoms with E-state index in [0.29, 0.717) is 5.82 Å². The maximum absolute atomic E-state index is 5.94. The van der Waals surface area contributed by atoms with Crippen molar-refractivity contribution in [1.29, 1.82) is 0 Å². The summed E-state index contributed by atoms with van der Waals surface area (Å²) in [6.07, 6.45) is 3.42. The first-order chi connectivity index (χ1) is 9.10. The number of aromatic nitrogens is 3. The van der Waals surface area contributed by atoms with Gasteiger partial charge >= 0.3 is 0 Å². The lowest BCUT2D eigenvalue weighted by Crippen LogP contribution is -2.02. The number of pyridine rings is 1. The van der Waals surface area contributed by atoms with Crippen LogP contribution in [0.5, 0.6) is 0 Å². The minimum Gasteiger partial charge on any atom is -0.383 e. The van der Waals surface area contributed by atoms with Crippen LogP contribution >= 0.6 is 11.8 Å². The SMILES string of the molecule is CCCc1c(N)ncnc1Sc1cc(C)cc(C)n1. The van der Waals surface area contributed by atoms with Gasteiger partial charge in [0.15, 0.2) is 0 Å². The lowest BCUT2D eigenvalue weighted by Gasteiger charge is -2.09. The van der Waals surface area contributed by atoms with Crippen LogP contribution in [0.1, 0.15) is 30.2 Å². The van der Waals surface area contributed by atoms with E-state index in [1.807, 2.05) is 6.92 Å². The third-order valence-electron chi connectivity index (χ3n) is 2.71. The fourth-order valence-corrected chi connectivity index (χ4v) is 3.00. The van der Waals surface area contributed by atoms with Crippen molar-refractivity contribution in [2.45, 2.75) is 43.7 Å². The zero-order valence-electron chi connectivity index (χ0n) is 11.5. The smallest absolute Gasteiger partial charge is 0.131 e. The first-order valence-electron chi connectivity index (χ1n) is 6.32. The van der Waals surface area contributed by atoms with Gasteiger partial charge in [0, 0.05) is 11.3 Å². The molecular weight excluding hydrogens is 256 g/mol. The molecule has 0 aromatic carbocycles. The summed E-state index contributed by atoms with van der Waals surface area (Å²) < 4.78 is 0. The maximum atomic E-state index is 5.94. The van der Waals surface area contributed by atoms with Gasteiger partial charge in [0.05, 0.1) is 0 Å². The highest BCUT2D eigenvalue weighted by Gasteiger charge is 2.11. The Morgan fingerprint density at radius 3 is 2.68 bits per heavy atom. The molecule has 2 rings (SSSR count). The van der Waals surface area contributed by atoms with E-state index in [4.69, 9.17) is 5.73 Å². The average Bonchev–Trinajstić information content (AvgIpc) is 2.32. The molecule has 0 spiro atoms. The molecule has 2 heterocycles. The maximum Gasteiger partial charge on any atom is 0.131 e. The number of nitrogens with two attached hydrogens (primary N) is 1. The third kappa shape index (κ3) is 3.44. The van der Waals surface area contributed by atoms with Gasteiger partial charge in [-0.2, -0.15) is 0 Å². The molecule has 0 atom stereocenters. The van der Waals surface area contributed by atoms with Crippen LogP contribution < -0.4 is 5.73 Å². The number of hydrogen-bond donors (Lipinski definition) is 1. The summed E-state index contributed by atoms with van der Waals surface area (Å²) in [5, 5.41) is 1.86. The molecule has 0 aliphatic carbocycles. The zero-order chi connectivity index (χ0) is 13.8. The number of hydrogen-bond acceptors (Lipinski definition) is 5. The average molecular weight is 274 g/mol. The van der Waals surface area contributed by atoms with E-state index in [-0.39, 0.29) is 0 Å². The van der Waals surface area contributed by atoms with Crippen LogP contribution in [0.4, 0.5) is 5.82 Å². The molecular formula is C14H18N4S. The molecule has 5 heteroatoms. The van der Waals surface area contributed by atoms with Gasteiger partial charge in [-0.15, -0.1) is 0 Å². The molecule has 0 radical (unpaired) electrons. The van der Waals surface area contributed by atoms with Gasteiger partial charge in [-0.1, -0.05) is 13.3 Å². The predicted molar refractivity (Wildman–Crippen MR) is 78.3 cm³/mol. The summed E-state index contributed by atoms with van der Waals surface area (Å²) in [6.45, 7) is 6.19. The molecule has 2 aromatic heterocycles. The molecule has 0 unspecified atom stereocenters. The Hall–Kier alpha value is -1.62. The predicted octanol–water partition coefficient (Wildman–Crippen LogP) is 3.17. The van der Waals surface area contributed by atoms with Gasteiger partial charge in [-0.3, -0.25) is 0 Å². The van der Waals surface area contributed by atoms with E-state index in [0.717, 1.165) is 34.2 Å². The van der Waals surface area contributed by atoms with Gasteiger partial charge in [0.1, 0.15) is 22.2 Å². The van der Waals surface area contributed by atoms with Crippen molar-refractivity contribution >= 4 is 17.6 Å². The Kier molecular flexibility index (Phi) is 4.37. The number of aryl methyl sites for hydroxylation is 2. The lowest BCUT2D eigenvalue weighted by molar-refractivity contribution is 0.860. The zero-order valence-corrected chi connectivity index (χ0v) is 12.3. The van der Waals surface area contributed by atoms with E-state index in [9.17, 15) is 0 Å². The van der Waals surface area contributed by atoms with Crippen LogP contribution in [-0.2, 0) is 6.42 Å². The van der Waals surface area contributed by atoms with Crippen molar-refractivity contribution in [3.05, 3.63) is 35.3 Å². The van der Waals surface area contributed by atoms with E-state index in [1.165, 1.54) is 11.9 Å². The molecule has 2 aromatic rings. The second kappa shape index (κ2) is 6.02. The lowest BCUT2D eigenvalue weighted by atomic mass is 10.2. The highest BCUT2D eigenvalue weighted by molar-refractivity contribution is 7.99. The molecule has 0 aliphatic rings. The van der Waals surface area contributed by atoms with E-state index < -0.39 is 0 Å². The Labute approximate surface area is 117 Å². The van der Waals surface area contributed by atoms with E-state index in [1.54, 1.807) is 11.8 Å². The van der Waals surface area contributed by atoms with Gasteiger partial charge in [0.2, 0.25) is 0 Å². The summed E-state index contributed by atoms with van der Waals surface area (Å²) in [5.74, 6) is 0.573. The van der Waals surface area contributed by atoms with Crippen LogP contribution in [0.15, 0.2) is 28.5 Å². The fourth-order valence-electron chi connectivity index (χ4n) is 1.94. The molecule has 0 saturated carbocycles. The Balaban J connectivity index is 2.34. The standard InChI is InChI=1S/C14H18N4S/c1-4-5-11-13(15)16-8-17-14(11)19-12-7-9(2)6-10(3)18-12/h6-8H,4-5H2,1-3H3,(H2,15,16,17). The van der Waals surface area contributed by atoms with Crippen molar-refractivity contribution in [2.75, 3.05) is 5.73 Å². The van der Waals surface area contributed by atoms with Gasteiger partial charge < -0.3 is 5.73 Å². The van der Waals surface area contributed by atoms with Gasteiger partial charge in [-0.25, -0.2) is 15.0 Å². The molecule has 0 saturated heterocycles. The highest BCUT2D eigenvalue weighted by Crippen LogP contribution is 2.30. The summed E-state index contributed by atoms with van der Waals surface area (Å²) in [4.78, 5) is 12.9. The van der Waals surface area contributed by atoms with Crippen LogP contribution in [0.3, 0.4) is 0 Å². The molecule has 2 N–H and O–H groups in total. The van der Waals surface area contributed by atoms with Crippen molar-refractivity contribution in [3.8, 4) is 0 Å². The normalized spacial score (nSPS) is 10.7. The Morgan fingerprint density at radius 2 is 2.00 bits per heavy atom. The monoisotopic (exact) mass is 274 g/mol. The van der Waals surface area contributed by atoms with Crippen LogP contribution in [0.2, 0.25) is 0 Å². The summed E-state index contributed by atoms with van der Waals surface area (Å²) in [7, 11) is 0. The van der Waals surface area contributed by atoms with Gasteiger partial charge in [-0.05, 0) is 49.7 Å². The Bertz CT molecular complexity index is 563. The van der Waals surface area contributed by atoms with Crippen LogP contribution in [0, 0.1) is 13.8 Å². The van der Waals surface area contributed by atoms with Crippen LogP contribution in [-0.4, -0.2) is 15.0 Å². The highest BCUT2D eigenvalue weighted by atomic mass is 32.2.